The Bertz CT molecular complexity index is 503. The molecule has 0 saturated carbocycles. The van der Waals surface area contributed by atoms with Gasteiger partial charge in [-0.3, -0.25) is 4.98 Å². The van der Waals surface area contributed by atoms with Crippen LogP contribution in [0.2, 0.25) is 5.02 Å². The Morgan fingerprint density at radius 2 is 2.00 bits per heavy atom. The van der Waals surface area contributed by atoms with E-state index in [9.17, 15) is 0 Å². The van der Waals surface area contributed by atoms with Crippen molar-refractivity contribution in [2.75, 3.05) is 0 Å². The summed E-state index contributed by atoms with van der Waals surface area (Å²) in [4.78, 5) is 4.56. The van der Waals surface area contributed by atoms with Gasteiger partial charge in [-0.1, -0.05) is 37.6 Å². The van der Waals surface area contributed by atoms with Crippen LogP contribution in [0.5, 0.6) is 0 Å². The Hall–Kier alpha value is -1.08. The summed E-state index contributed by atoms with van der Waals surface area (Å²) in [5, 5.41) is 1.85. The molecule has 0 amide bonds. The number of hydrogen-bond donors (Lipinski definition) is 0. The van der Waals surface area contributed by atoms with Crippen LogP contribution in [-0.4, -0.2) is 4.98 Å². The molecule has 0 N–H and O–H groups in total. The van der Waals surface area contributed by atoms with Crippen molar-refractivity contribution in [3.8, 4) is 0 Å². The minimum absolute atomic E-state index is 0.501. The molecule has 1 heterocycles. The summed E-state index contributed by atoms with van der Waals surface area (Å²) in [5.74, 6) is 0.501. The van der Waals surface area contributed by atoms with E-state index in [2.05, 4.69) is 31.0 Å². The summed E-state index contributed by atoms with van der Waals surface area (Å²) in [6, 6.07) is 8.09. The monoisotopic (exact) mass is 219 g/mol. The van der Waals surface area contributed by atoms with Gasteiger partial charge in [-0.2, -0.15) is 0 Å². The molecule has 0 radical (unpaired) electrons. The van der Waals surface area contributed by atoms with Gasteiger partial charge in [0.25, 0.3) is 0 Å². The van der Waals surface area contributed by atoms with Crippen LogP contribution in [0.25, 0.3) is 10.9 Å². The van der Waals surface area contributed by atoms with Crippen molar-refractivity contribution in [1.29, 1.82) is 0 Å². The largest absolute Gasteiger partial charge is 0.251 e. The number of aryl methyl sites for hydroxylation is 1. The van der Waals surface area contributed by atoms with Gasteiger partial charge in [0.2, 0.25) is 0 Å². The molecule has 0 aliphatic rings. The zero-order valence-electron chi connectivity index (χ0n) is 9.21. The maximum Gasteiger partial charge on any atom is 0.0891 e. The molecular weight excluding hydrogens is 206 g/mol. The van der Waals surface area contributed by atoms with Crippen LogP contribution in [0, 0.1) is 6.92 Å². The second-order valence-electron chi connectivity index (χ2n) is 4.13. The van der Waals surface area contributed by atoms with Crippen molar-refractivity contribution in [3.63, 3.8) is 0 Å². The Morgan fingerprint density at radius 1 is 1.27 bits per heavy atom. The van der Waals surface area contributed by atoms with Crippen molar-refractivity contribution < 1.29 is 0 Å². The van der Waals surface area contributed by atoms with Gasteiger partial charge >= 0.3 is 0 Å². The third-order valence-corrected chi connectivity index (χ3v) is 2.95. The van der Waals surface area contributed by atoms with E-state index >= 15 is 0 Å². The van der Waals surface area contributed by atoms with Crippen LogP contribution in [0.4, 0.5) is 0 Å². The third-order valence-electron chi connectivity index (χ3n) is 2.65. The minimum atomic E-state index is 0.501. The number of halogens is 1. The minimum Gasteiger partial charge on any atom is -0.251 e. The van der Waals surface area contributed by atoms with Crippen LogP contribution < -0.4 is 0 Å². The predicted octanol–water partition coefficient (Wildman–Crippen LogP) is 4.32. The average Bonchev–Trinajstić information content (AvgIpc) is 2.18. The molecular formula is C13H14ClN. The summed E-state index contributed by atoms with van der Waals surface area (Å²) in [7, 11) is 0. The highest BCUT2D eigenvalue weighted by Crippen LogP contribution is 2.26. The third kappa shape index (κ3) is 1.84. The van der Waals surface area contributed by atoms with E-state index in [4.69, 9.17) is 11.6 Å². The van der Waals surface area contributed by atoms with Gasteiger partial charge in [0, 0.05) is 11.1 Å². The first kappa shape index (κ1) is 10.4. The molecule has 0 aliphatic heterocycles. The first-order valence-corrected chi connectivity index (χ1v) is 5.53. The number of hydrogen-bond acceptors (Lipinski definition) is 1. The Balaban J connectivity index is 2.76. The summed E-state index contributed by atoms with van der Waals surface area (Å²) < 4.78 is 0. The molecule has 2 heteroatoms. The maximum atomic E-state index is 6.10. The number of fused-ring (bicyclic) bond motifs is 1. The van der Waals surface area contributed by atoms with E-state index in [1.165, 1.54) is 5.56 Å². The topological polar surface area (TPSA) is 12.9 Å². The number of aromatic nitrogens is 1. The molecule has 2 aromatic rings. The van der Waals surface area contributed by atoms with Crippen LogP contribution in [0.3, 0.4) is 0 Å². The lowest BCUT2D eigenvalue weighted by atomic mass is 10.00. The first-order valence-electron chi connectivity index (χ1n) is 5.15. The quantitative estimate of drug-likeness (QED) is 0.696. The lowest BCUT2D eigenvalue weighted by molar-refractivity contribution is 0.848. The fourth-order valence-corrected chi connectivity index (χ4v) is 2.08. The van der Waals surface area contributed by atoms with Crippen molar-refractivity contribution in [3.05, 3.63) is 40.5 Å². The van der Waals surface area contributed by atoms with E-state index in [0.717, 1.165) is 21.6 Å². The molecule has 78 valence electrons. The predicted molar refractivity (Wildman–Crippen MR) is 65.6 cm³/mol. The van der Waals surface area contributed by atoms with Crippen LogP contribution in [0.1, 0.15) is 31.0 Å². The van der Waals surface area contributed by atoms with E-state index in [-0.39, 0.29) is 0 Å². The maximum absolute atomic E-state index is 6.10. The molecule has 0 aliphatic carbocycles. The number of pyridine rings is 1. The van der Waals surface area contributed by atoms with E-state index in [0.29, 0.717) is 5.92 Å². The lowest BCUT2D eigenvalue weighted by Gasteiger charge is -2.10. The van der Waals surface area contributed by atoms with Gasteiger partial charge in [0.1, 0.15) is 0 Å². The van der Waals surface area contributed by atoms with Gasteiger partial charge in [0.15, 0.2) is 0 Å². The lowest BCUT2D eigenvalue weighted by Crippen LogP contribution is -1.96. The average molecular weight is 220 g/mol. The second kappa shape index (κ2) is 3.82. The molecule has 1 nitrogen and oxygen atoms in total. The molecule has 1 aromatic heterocycles. The summed E-state index contributed by atoms with van der Waals surface area (Å²) >= 11 is 6.10. The number of benzene rings is 1. The molecule has 15 heavy (non-hydrogen) atoms. The van der Waals surface area contributed by atoms with Crippen molar-refractivity contribution >= 4 is 22.5 Å². The standard InChI is InChI=1S/C13H14ClN/c1-8(2)11-7-10-5-4-6-12(14)13(10)15-9(11)3/h4-8H,1-3H3. The van der Waals surface area contributed by atoms with Crippen molar-refractivity contribution in [1.82, 2.24) is 4.98 Å². The highest BCUT2D eigenvalue weighted by Gasteiger charge is 2.08. The van der Waals surface area contributed by atoms with Gasteiger partial charge in [0.05, 0.1) is 10.5 Å². The van der Waals surface area contributed by atoms with Crippen LogP contribution in [-0.2, 0) is 0 Å². The number of para-hydroxylation sites is 1. The highest BCUT2D eigenvalue weighted by molar-refractivity contribution is 6.35. The van der Waals surface area contributed by atoms with E-state index in [1.807, 2.05) is 19.1 Å². The summed E-state index contributed by atoms with van der Waals surface area (Å²) in [6.07, 6.45) is 0. The molecule has 2 rings (SSSR count). The fourth-order valence-electron chi connectivity index (χ4n) is 1.86. The van der Waals surface area contributed by atoms with Gasteiger partial charge in [-0.25, -0.2) is 0 Å². The number of nitrogens with zero attached hydrogens (tertiary/aromatic N) is 1. The molecule has 0 spiro atoms. The zero-order valence-corrected chi connectivity index (χ0v) is 9.97. The molecule has 0 bridgehead atoms. The molecule has 1 aromatic carbocycles. The van der Waals surface area contributed by atoms with Crippen molar-refractivity contribution in [2.45, 2.75) is 26.7 Å². The first-order chi connectivity index (χ1) is 7.09. The fraction of sp³-hybridized carbons (Fsp3) is 0.308. The van der Waals surface area contributed by atoms with Gasteiger partial charge < -0.3 is 0 Å². The van der Waals surface area contributed by atoms with Crippen LogP contribution >= 0.6 is 11.6 Å². The highest BCUT2D eigenvalue weighted by atomic mass is 35.5. The van der Waals surface area contributed by atoms with Crippen LogP contribution in [0.15, 0.2) is 24.3 Å². The van der Waals surface area contributed by atoms with E-state index < -0.39 is 0 Å². The smallest absolute Gasteiger partial charge is 0.0891 e. The summed E-state index contributed by atoms with van der Waals surface area (Å²) in [6.45, 7) is 6.40. The Kier molecular flexibility index (Phi) is 2.66. The Morgan fingerprint density at radius 3 is 2.67 bits per heavy atom. The summed E-state index contributed by atoms with van der Waals surface area (Å²) in [5.41, 5.74) is 3.27. The molecule has 0 fully saturated rings. The Labute approximate surface area is 95.1 Å². The van der Waals surface area contributed by atoms with Gasteiger partial charge in [-0.05, 0) is 30.5 Å². The second-order valence-corrected chi connectivity index (χ2v) is 4.54. The van der Waals surface area contributed by atoms with Gasteiger partial charge in [-0.15, -0.1) is 0 Å². The van der Waals surface area contributed by atoms with Crippen molar-refractivity contribution in [2.24, 2.45) is 0 Å². The molecule has 0 atom stereocenters. The normalized spacial score (nSPS) is 11.3. The SMILES string of the molecule is Cc1nc2c(Cl)cccc2cc1C(C)C. The zero-order chi connectivity index (χ0) is 11.0. The molecule has 0 saturated heterocycles. The molecule has 0 unspecified atom stereocenters. The van der Waals surface area contributed by atoms with E-state index in [1.54, 1.807) is 0 Å². The number of rotatable bonds is 1.